The van der Waals surface area contributed by atoms with Gasteiger partial charge in [0.25, 0.3) is 10.0 Å². The second kappa shape index (κ2) is 8.32. The fraction of sp³-hybridized carbons (Fsp3) is 0.158. The second-order valence-electron chi connectivity index (χ2n) is 5.70. The van der Waals surface area contributed by atoms with Crippen LogP contribution >= 0.6 is 11.3 Å². The van der Waals surface area contributed by atoms with Gasteiger partial charge in [-0.2, -0.15) is 0 Å². The molecule has 27 heavy (non-hydrogen) atoms. The molecule has 0 fully saturated rings. The second-order valence-corrected chi connectivity index (χ2v) is 8.38. The average Bonchev–Trinajstić information content (AvgIpc) is 3.08. The molecule has 1 aromatic heterocycles. The van der Waals surface area contributed by atoms with Crippen molar-refractivity contribution >= 4 is 32.5 Å². The Morgan fingerprint density at radius 3 is 2.41 bits per heavy atom. The van der Waals surface area contributed by atoms with Crippen molar-refractivity contribution < 1.29 is 17.9 Å². The van der Waals surface area contributed by atoms with Gasteiger partial charge in [0, 0.05) is 6.42 Å². The molecule has 0 spiro atoms. The van der Waals surface area contributed by atoms with Gasteiger partial charge in [0.15, 0.2) is 5.13 Å². The minimum atomic E-state index is -3.78. The fourth-order valence-electron chi connectivity index (χ4n) is 2.35. The maximum absolute atomic E-state index is 12.5. The number of nitrogens with one attached hydrogen (secondary N) is 1. The molecule has 3 rings (SSSR count). The monoisotopic (exact) mass is 402 g/mol. The number of carbonyl (C=O) groups excluding carboxylic acids is 1. The molecular formula is C19H18N2O4S2. The number of rotatable bonds is 7. The summed E-state index contributed by atoms with van der Waals surface area (Å²) in [5.74, 6) is -0.368. The Balaban J connectivity index is 1.71. The van der Waals surface area contributed by atoms with E-state index in [-0.39, 0.29) is 21.1 Å². The number of thiazole rings is 1. The van der Waals surface area contributed by atoms with Gasteiger partial charge in [0.05, 0.1) is 11.1 Å². The fourth-order valence-corrected chi connectivity index (χ4v) is 4.28. The largest absolute Gasteiger partial charge is 0.414 e. The molecule has 2 aromatic carbocycles. The van der Waals surface area contributed by atoms with Gasteiger partial charge < -0.3 is 4.74 Å². The maximum Gasteiger partial charge on any atom is 0.312 e. The molecule has 0 saturated carbocycles. The summed E-state index contributed by atoms with van der Waals surface area (Å²) < 4.78 is 32.6. The summed E-state index contributed by atoms with van der Waals surface area (Å²) in [6.07, 6.45) is 2.30. The quantitative estimate of drug-likeness (QED) is 0.595. The zero-order chi connectivity index (χ0) is 19.3. The summed E-state index contributed by atoms with van der Waals surface area (Å²) in [4.78, 5) is 15.6. The van der Waals surface area contributed by atoms with E-state index in [2.05, 4.69) is 9.71 Å². The first kappa shape index (κ1) is 19.1. The predicted molar refractivity (Wildman–Crippen MR) is 105 cm³/mol. The first-order valence-electron chi connectivity index (χ1n) is 8.33. The van der Waals surface area contributed by atoms with Crippen LogP contribution in [0.2, 0.25) is 0 Å². The molecule has 0 aliphatic heterocycles. The normalized spacial score (nSPS) is 11.1. The Morgan fingerprint density at radius 1 is 1.07 bits per heavy atom. The minimum absolute atomic E-state index is 0.127. The molecule has 1 N–H and O–H groups in total. The van der Waals surface area contributed by atoms with E-state index in [1.54, 1.807) is 24.3 Å². The van der Waals surface area contributed by atoms with Crippen LogP contribution in [-0.2, 0) is 14.8 Å². The van der Waals surface area contributed by atoms with E-state index >= 15 is 0 Å². The van der Waals surface area contributed by atoms with Crippen molar-refractivity contribution in [3.8, 4) is 16.2 Å². The summed E-state index contributed by atoms with van der Waals surface area (Å²) in [5, 5.41) is 0.395. The average molecular weight is 402 g/mol. The number of ether oxygens (including phenoxy) is 1. The highest BCUT2D eigenvalue weighted by Gasteiger charge is 2.17. The standard InChI is InChI=1S/C19H18N2O4S2/c1-2-6-17(22)25-18-13-20-19(26-18)21-27(23,24)16-11-9-15(10-12-16)14-7-4-3-5-8-14/h3-5,7-13H,2,6H2,1H3,(H,20,21). The van der Waals surface area contributed by atoms with Gasteiger partial charge in [0.1, 0.15) is 0 Å². The number of sulfonamides is 1. The Labute approximate surface area is 161 Å². The Kier molecular flexibility index (Phi) is 5.88. The number of hydrogen-bond acceptors (Lipinski definition) is 6. The van der Waals surface area contributed by atoms with Crippen molar-refractivity contribution in [2.75, 3.05) is 4.72 Å². The number of aromatic nitrogens is 1. The summed E-state index contributed by atoms with van der Waals surface area (Å²) in [6.45, 7) is 1.87. The maximum atomic E-state index is 12.5. The number of hydrogen-bond donors (Lipinski definition) is 1. The van der Waals surface area contributed by atoms with Crippen molar-refractivity contribution in [3.05, 3.63) is 60.8 Å². The van der Waals surface area contributed by atoms with Gasteiger partial charge in [-0.15, -0.1) is 0 Å². The van der Waals surface area contributed by atoms with Gasteiger partial charge in [0.2, 0.25) is 5.06 Å². The zero-order valence-corrected chi connectivity index (χ0v) is 16.2. The minimum Gasteiger partial charge on any atom is -0.414 e. The third-order valence-corrected chi connectivity index (χ3v) is 5.92. The van der Waals surface area contributed by atoms with Gasteiger partial charge in [-0.3, -0.25) is 9.52 Å². The van der Waals surface area contributed by atoms with E-state index in [1.807, 2.05) is 37.3 Å². The molecule has 6 nitrogen and oxygen atoms in total. The molecule has 0 atom stereocenters. The number of nitrogens with zero attached hydrogens (tertiary/aromatic N) is 1. The first-order chi connectivity index (χ1) is 13.0. The lowest BCUT2D eigenvalue weighted by molar-refractivity contribution is -0.134. The van der Waals surface area contributed by atoms with E-state index in [0.717, 1.165) is 22.5 Å². The Hall–Kier alpha value is -2.71. The summed E-state index contributed by atoms with van der Waals surface area (Å²) in [6, 6.07) is 16.3. The molecule has 1 heterocycles. The molecule has 140 valence electrons. The molecular weight excluding hydrogens is 384 g/mol. The number of carbonyl (C=O) groups is 1. The summed E-state index contributed by atoms with van der Waals surface area (Å²) in [5.41, 5.74) is 1.93. The Morgan fingerprint density at radius 2 is 1.74 bits per heavy atom. The topological polar surface area (TPSA) is 85.4 Å². The van der Waals surface area contributed by atoms with Crippen molar-refractivity contribution in [1.82, 2.24) is 4.98 Å². The molecule has 0 aliphatic rings. The first-order valence-corrected chi connectivity index (χ1v) is 10.6. The van der Waals surface area contributed by atoms with E-state index in [1.165, 1.54) is 6.20 Å². The number of anilines is 1. The van der Waals surface area contributed by atoms with Gasteiger partial charge >= 0.3 is 5.97 Å². The van der Waals surface area contributed by atoms with Crippen LogP contribution in [0.3, 0.4) is 0 Å². The lowest BCUT2D eigenvalue weighted by atomic mass is 10.1. The van der Waals surface area contributed by atoms with E-state index < -0.39 is 10.0 Å². The highest BCUT2D eigenvalue weighted by Crippen LogP contribution is 2.28. The molecule has 8 heteroatoms. The molecule has 0 bridgehead atoms. The SMILES string of the molecule is CCCC(=O)Oc1cnc(NS(=O)(=O)c2ccc(-c3ccccc3)cc2)s1. The number of benzene rings is 2. The van der Waals surface area contributed by atoms with Crippen LogP contribution in [0, 0.1) is 0 Å². The van der Waals surface area contributed by atoms with E-state index in [4.69, 9.17) is 4.74 Å². The lowest BCUT2D eigenvalue weighted by Gasteiger charge is -2.06. The van der Waals surface area contributed by atoms with E-state index in [0.29, 0.717) is 12.8 Å². The van der Waals surface area contributed by atoms with Crippen molar-refractivity contribution in [2.45, 2.75) is 24.7 Å². The molecule has 3 aromatic rings. The zero-order valence-electron chi connectivity index (χ0n) is 14.6. The Bertz CT molecular complexity index is 1010. The van der Waals surface area contributed by atoms with Crippen LogP contribution in [0.1, 0.15) is 19.8 Å². The third-order valence-electron chi connectivity index (χ3n) is 3.65. The van der Waals surface area contributed by atoms with Crippen LogP contribution < -0.4 is 9.46 Å². The van der Waals surface area contributed by atoms with Crippen LogP contribution in [-0.4, -0.2) is 19.4 Å². The van der Waals surface area contributed by atoms with Gasteiger partial charge in [-0.05, 0) is 29.7 Å². The highest BCUT2D eigenvalue weighted by molar-refractivity contribution is 7.93. The van der Waals surface area contributed by atoms with Crippen molar-refractivity contribution in [1.29, 1.82) is 0 Å². The van der Waals surface area contributed by atoms with Crippen LogP contribution in [0.5, 0.6) is 5.06 Å². The summed E-state index contributed by atoms with van der Waals surface area (Å²) in [7, 11) is -3.78. The third kappa shape index (κ3) is 4.93. The van der Waals surface area contributed by atoms with Crippen LogP contribution in [0.4, 0.5) is 5.13 Å². The van der Waals surface area contributed by atoms with Crippen molar-refractivity contribution in [3.63, 3.8) is 0 Å². The molecule has 0 saturated heterocycles. The molecule has 0 amide bonds. The van der Waals surface area contributed by atoms with Crippen LogP contribution in [0.15, 0.2) is 65.7 Å². The van der Waals surface area contributed by atoms with Crippen molar-refractivity contribution in [2.24, 2.45) is 0 Å². The molecule has 0 aliphatic carbocycles. The summed E-state index contributed by atoms with van der Waals surface area (Å²) >= 11 is 0.964. The molecule has 0 radical (unpaired) electrons. The van der Waals surface area contributed by atoms with Gasteiger partial charge in [-0.1, -0.05) is 60.7 Å². The predicted octanol–water partition coefficient (Wildman–Crippen LogP) is 4.32. The molecule has 0 unspecified atom stereocenters. The lowest BCUT2D eigenvalue weighted by Crippen LogP contribution is -2.12. The van der Waals surface area contributed by atoms with Gasteiger partial charge in [-0.25, -0.2) is 13.4 Å². The van der Waals surface area contributed by atoms with Crippen LogP contribution in [0.25, 0.3) is 11.1 Å². The van der Waals surface area contributed by atoms with E-state index in [9.17, 15) is 13.2 Å². The smallest absolute Gasteiger partial charge is 0.312 e. The number of esters is 1. The highest BCUT2D eigenvalue weighted by atomic mass is 32.2.